The van der Waals surface area contributed by atoms with Gasteiger partial charge in [0.15, 0.2) is 39.8 Å². The van der Waals surface area contributed by atoms with Crippen molar-refractivity contribution in [1.29, 1.82) is 0 Å². The molecule has 0 fully saturated rings. The van der Waals surface area contributed by atoms with Crippen molar-refractivity contribution in [3.8, 4) is 46.0 Å². The molecular formula is C37H39N3O7. The Labute approximate surface area is 274 Å². The molecule has 4 aliphatic rings. The monoisotopic (exact) mass is 637 g/mol. The van der Waals surface area contributed by atoms with Crippen LogP contribution in [-0.4, -0.2) is 58.3 Å². The van der Waals surface area contributed by atoms with Crippen molar-refractivity contribution in [2.45, 2.75) is 37.8 Å². The summed E-state index contributed by atoms with van der Waals surface area (Å²) in [7, 11) is 9.08. The highest BCUT2D eigenvalue weighted by Gasteiger charge is 2.35. The summed E-state index contributed by atoms with van der Waals surface area (Å²) in [4.78, 5) is 21.8. The van der Waals surface area contributed by atoms with Gasteiger partial charge in [-0.05, 0) is 110 Å². The van der Waals surface area contributed by atoms with Gasteiger partial charge in [-0.1, -0.05) is 18.2 Å². The zero-order valence-corrected chi connectivity index (χ0v) is 27.4. The molecule has 8 rings (SSSR count). The molecule has 10 heteroatoms. The molecule has 4 aliphatic heterocycles. The van der Waals surface area contributed by atoms with Crippen LogP contribution in [0.15, 0.2) is 66.0 Å². The molecule has 0 saturated carbocycles. The Morgan fingerprint density at radius 2 is 1.34 bits per heavy atom. The maximum absolute atomic E-state index is 11.7. The second-order valence-corrected chi connectivity index (χ2v) is 12.4. The standard InChI is InChI=1S/C37H39N3O7/c1-39-14-12-24-19-31(43-4)33-21-27(24)28(39)16-22-6-9-26(10-7-22)45-32-18-23(8-11-30(32)42-3)17-29-35-25(13-15-40(29)2)20-34(44-5)36(47-38-41)37(35)46-33/h6-11,18-21,28-29H,12-17H2,1-5H3/t28-,29-/m0/s1. The van der Waals surface area contributed by atoms with Crippen molar-refractivity contribution in [2.75, 3.05) is 48.5 Å². The van der Waals surface area contributed by atoms with Crippen LogP contribution in [0, 0.1) is 4.91 Å². The van der Waals surface area contributed by atoms with Gasteiger partial charge in [-0.2, -0.15) is 0 Å². The van der Waals surface area contributed by atoms with E-state index in [1.807, 2.05) is 36.4 Å². The summed E-state index contributed by atoms with van der Waals surface area (Å²) in [5.41, 5.74) is 6.55. The van der Waals surface area contributed by atoms with Crippen molar-refractivity contribution < 1.29 is 28.5 Å². The average Bonchev–Trinajstić information content (AvgIpc) is 3.08. The maximum atomic E-state index is 11.7. The Hall–Kier alpha value is -4.80. The SMILES string of the molecule is COc1ccc2cc1Oc1ccc(cc1)C[C@H]1c3cc(c(OC)cc3CCN1C)Oc1c(ON=O)c(OC)cc3c1[C@H](C2)N(C)CC3. The lowest BCUT2D eigenvalue weighted by atomic mass is 9.87. The Kier molecular flexibility index (Phi) is 8.38. The van der Waals surface area contributed by atoms with Crippen molar-refractivity contribution in [2.24, 2.45) is 5.34 Å². The number of hydrogen-bond donors (Lipinski definition) is 0. The first-order valence-electron chi connectivity index (χ1n) is 15.9. The van der Waals surface area contributed by atoms with Crippen LogP contribution in [0.5, 0.6) is 46.0 Å². The first-order valence-corrected chi connectivity index (χ1v) is 15.9. The molecule has 4 aromatic carbocycles. The third-order valence-electron chi connectivity index (χ3n) is 9.77. The Balaban J connectivity index is 1.48. The summed E-state index contributed by atoms with van der Waals surface area (Å²) in [5.74, 6) is 4.04. The van der Waals surface area contributed by atoms with E-state index in [9.17, 15) is 4.91 Å². The molecule has 4 aromatic rings. The highest BCUT2D eigenvalue weighted by Crippen LogP contribution is 2.52. The van der Waals surface area contributed by atoms with Crippen molar-refractivity contribution in [1.82, 2.24) is 9.80 Å². The topological polar surface area (TPSA) is 91.3 Å². The molecule has 0 N–H and O–H groups in total. The summed E-state index contributed by atoms with van der Waals surface area (Å²) < 4.78 is 30.6. The minimum atomic E-state index is -0.143. The third kappa shape index (κ3) is 5.72. The average molecular weight is 638 g/mol. The second-order valence-electron chi connectivity index (χ2n) is 12.4. The van der Waals surface area contributed by atoms with Gasteiger partial charge in [0, 0.05) is 30.7 Å². The lowest BCUT2D eigenvalue weighted by Crippen LogP contribution is -2.34. The number of fused-ring (bicyclic) bond motifs is 2. The zero-order valence-electron chi connectivity index (χ0n) is 27.4. The molecule has 244 valence electrons. The molecule has 10 nitrogen and oxygen atoms in total. The fourth-order valence-electron chi connectivity index (χ4n) is 7.21. The molecule has 0 saturated heterocycles. The molecule has 0 unspecified atom stereocenters. The van der Waals surface area contributed by atoms with E-state index >= 15 is 0 Å². The number of hydrogen-bond acceptors (Lipinski definition) is 10. The molecule has 0 spiro atoms. The van der Waals surface area contributed by atoms with Crippen LogP contribution in [0.2, 0.25) is 0 Å². The number of likely N-dealkylation sites (N-methyl/N-ethyl adjacent to an activating group) is 2. The predicted molar refractivity (Wildman–Crippen MR) is 178 cm³/mol. The molecule has 0 radical (unpaired) electrons. The highest BCUT2D eigenvalue weighted by molar-refractivity contribution is 5.64. The van der Waals surface area contributed by atoms with E-state index in [4.69, 9.17) is 28.5 Å². The molecule has 0 aromatic heterocycles. The molecular weight excluding hydrogens is 598 g/mol. The normalized spacial score (nSPS) is 18.9. The molecule has 0 amide bonds. The predicted octanol–water partition coefficient (Wildman–Crippen LogP) is 7.21. The molecule has 2 atom stereocenters. The van der Waals surface area contributed by atoms with E-state index in [0.717, 1.165) is 60.4 Å². The maximum Gasteiger partial charge on any atom is 0.245 e. The molecule has 4 heterocycles. The Bertz CT molecular complexity index is 1810. The van der Waals surface area contributed by atoms with Crippen LogP contribution in [0.3, 0.4) is 0 Å². The Morgan fingerprint density at radius 3 is 2.06 bits per heavy atom. The summed E-state index contributed by atoms with van der Waals surface area (Å²) in [6.45, 7) is 1.73. The fraction of sp³-hybridized carbons (Fsp3) is 0.351. The van der Waals surface area contributed by atoms with Crippen molar-refractivity contribution in [3.63, 3.8) is 0 Å². The van der Waals surface area contributed by atoms with Crippen LogP contribution in [0.4, 0.5) is 0 Å². The zero-order chi connectivity index (χ0) is 32.7. The van der Waals surface area contributed by atoms with Crippen molar-refractivity contribution >= 4 is 0 Å². The van der Waals surface area contributed by atoms with Gasteiger partial charge < -0.3 is 28.5 Å². The third-order valence-corrected chi connectivity index (χ3v) is 9.77. The number of nitrogens with zero attached hydrogens (tertiary/aromatic N) is 3. The smallest absolute Gasteiger partial charge is 0.245 e. The first kappa shape index (κ1) is 30.8. The van der Waals surface area contributed by atoms with Crippen molar-refractivity contribution in [3.05, 3.63) is 99.0 Å². The van der Waals surface area contributed by atoms with E-state index < -0.39 is 0 Å². The van der Waals surface area contributed by atoms with Gasteiger partial charge in [-0.3, -0.25) is 9.80 Å². The largest absolute Gasteiger partial charge is 0.493 e. The van der Waals surface area contributed by atoms with Crippen LogP contribution < -0.4 is 28.5 Å². The Morgan fingerprint density at radius 1 is 0.702 bits per heavy atom. The van der Waals surface area contributed by atoms with Gasteiger partial charge in [-0.15, -0.1) is 4.91 Å². The summed E-state index contributed by atoms with van der Waals surface area (Å²) in [6, 6.07) is 20.3. The number of benzene rings is 4. The van der Waals surface area contributed by atoms with Gasteiger partial charge in [0.05, 0.1) is 21.3 Å². The van der Waals surface area contributed by atoms with E-state index in [1.165, 1.54) is 11.1 Å². The van der Waals surface area contributed by atoms with Gasteiger partial charge in [0.2, 0.25) is 5.75 Å². The number of ether oxygens (including phenoxy) is 5. The lowest BCUT2D eigenvalue weighted by molar-refractivity contribution is 0.218. The van der Waals surface area contributed by atoms with Gasteiger partial charge in [0.1, 0.15) is 5.75 Å². The van der Waals surface area contributed by atoms with Crippen LogP contribution >= 0.6 is 0 Å². The van der Waals surface area contributed by atoms with E-state index in [0.29, 0.717) is 40.9 Å². The number of rotatable bonds is 5. The minimum Gasteiger partial charge on any atom is -0.493 e. The fourth-order valence-corrected chi connectivity index (χ4v) is 7.21. The van der Waals surface area contributed by atoms with Gasteiger partial charge in [0.25, 0.3) is 0 Å². The van der Waals surface area contributed by atoms with Crippen LogP contribution in [0.1, 0.15) is 45.5 Å². The summed E-state index contributed by atoms with van der Waals surface area (Å²) in [5, 5.41) is 2.82. The molecule has 6 bridgehead atoms. The molecule has 0 aliphatic carbocycles. The highest BCUT2D eigenvalue weighted by atomic mass is 16.7. The van der Waals surface area contributed by atoms with Crippen LogP contribution in [-0.2, 0) is 25.7 Å². The summed E-state index contributed by atoms with van der Waals surface area (Å²) >= 11 is 0. The molecule has 47 heavy (non-hydrogen) atoms. The van der Waals surface area contributed by atoms with E-state index in [1.54, 1.807) is 21.3 Å². The van der Waals surface area contributed by atoms with Crippen LogP contribution in [0.25, 0.3) is 0 Å². The lowest BCUT2D eigenvalue weighted by Gasteiger charge is -2.37. The van der Waals surface area contributed by atoms with E-state index in [-0.39, 0.29) is 17.8 Å². The van der Waals surface area contributed by atoms with Gasteiger partial charge >= 0.3 is 0 Å². The second kappa shape index (κ2) is 12.8. The summed E-state index contributed by atoms with van der Waals surface area (Å²) in [6.07, 6.45) is 3.05. The first-order chi connectivity index (χ1) is 22.9. The minimum absolute atomic E-state index is 0.0971. The number of methoxy groups -OCH3 is 3. The quantitative estimate of drug-likeness (QED) is 0.166. The van der Waals surface area contributed by atoms with E-state index in [2.05, 4.69) is 53.5 Å². The van der Waals surface area contributed by atoms with Gasteiger partial charge in [-0.25, -0.2) is 0 Å².